The van der Waals surface area contributed by atoms with Crippen LogP contribution in [0.3, 0.4) is 0 Å². The summed E-state index contributed by atoms with van der Waals surface area (Å²) in [6.45, 7) is -1.31. The fourth-order valence-corrected chi connectivity index (χ4v) is 2.86. The molecule has 2 aliphatic heterocycles. The van der Waals surface area contributed by atoms with Gasteiger partial charge in [-0.2, -0.15) is 0 Å². The van der Waals surface area contributed by atoms with Crippen molar-refractivity contribution in [1.29, 1.82) is 0 Å². The molecule has 0 aliphatic carbocycles. The van der Waals surface area contributed by atoms with E-state index in [0.29, 0.717) is 0 Å². The van der Waals surface area contributed by atoms with Crippen LogP contribution in [0.2, 0.25) is 0 Å². The molecule has 0 bridgehead atoms. The van der Waals surface area contributed by atoms with Gasteiger partial charge in [-0.25, -0.2) is 0 Å². The van der Waals surface area contributed by atoms with Crippen LogP contribution in [0.4, 0.5) is 0 Å². The number of rotatable bonds is 5. The fourth-order valence-electron chi connectivity index (χ4n) is 2.86. The number of aliphatic hydroxyl groups is 7. The summed E-state index contributed by atoms with van der Waals surface area (Å²) in [5.41, 5.74) is 5.42. The molecule has 0 aromatic carbocycles. The summed E-state index contributed by atoms with van der Waals surface area (Å²) in [4.78, 5) is 0. The molecule has 0 aromatic rings. The maximum atomic E-state index is 10.2. The van der Waals surface area contributed by atoms with Crippen molar-refractivity contribution in [2.24, 2.45) is 5.73 Å². The number of ether oxygens (including phenoxy) is 3. The van der Waals surface area contributed by atoms with Crippen LogP contribution in [-0.4, -0.2) is 117 Å². The lowest BCUT2D eigenvalue weighted by molar-refractivity contribution is -0.341. The van der Waals surface area contributed by atoms with Crippen LogP contribution in [0.1, 0.15) is 0 Å². The minimum Gasteiger partial charge on any atom is -0.394 e. The summed E-state index contributed by atoms with van der Waals surface area (Å²) < 4.78 is 15.9. The van der Waals surface area contributed by atoms with Crippen molar-refractivity contribution < 1.29 is 50.0 Å². The van der Waals surface area contributed by atoms with Crippen LogP contribution in [0.25, 0.3) is 0 Å². The molecule has 1 unspecified atom stereocenters. The second kappa shape index (κ2) is 8.29. The van der Waals surface area contributed by atoms with E-state index in [4.69, 9.17) is 25.1 Å². The first-order valence-electron chi connectivity index (χ1n) is 7.64. The Morgan fingerprint density at radius 1 is 0.708 bits per heavy atom. The summed E-state index contributed by atoms with van der Waals surface area (Å²) in [6.07, 6.45) is -13.8. The van der Waals surface area contributed by atoms with Crippen LogP contribution < -0.4 is 5.73 Å². The van der Waals surface area contributed by atoms with Gasteiger partial charge in [-0.05, 0) is 0 Å². The highest BCUT2D eigenvalue weighted by Gasteiger charge is 2.50. The minimum absolute atomic E-state index is 0.0957. The quantitative estimate of drug-likeness (QED) is 0.234. The van der Waals surface area contributed by atoms with Crippen molar-refractivity contribution in [3.05, 3.63) is 0 Å². The first-order chi connectivity index (χ1) is 11.3. The summed E-state index contributed by atoms with van der Waals surface area (Å²) in [5.74, 6) is 0. The maximum absolute atomic E-state index is 10.2. The van der Waals surface area contributed by atoms with Gasteiger partial charge in [0.25, 0.3) is 0 Å². The van der Waals surface area contributed by atoms with Crippen LogP contribution in [-0.2, 0) is 14.2 Å². The van der Waals surface area contributed by atoms with E-state index in [1.165, 1.54) is 0 Å². The monoisotopic (exact) mass is 355 g/mol. The fraction of sp³-hybridized carbons (Fsp3) is 1.00. The first kappa shape index (κ1) is 19.9. The molecule has 2 saturated heterocycles. The van der Waals surface area contributed by atoms with E-state index in [-0.39, 0.29) is 6.54 Å². The molecular formula is C13H25NO10. The number of aliphatic hydroxyl groups excluding tert-OH is 7. The third-order valence-corrected chi connectivity index (χ3v) is 4.34. The topological polar surface area (TPSA) is 195 Å². The first-order valence-corrected chi connectivity index (χ1v) is 7.64. The molecule has 2 aliphatic rings. The van der Waals surface area contributed by atoms with Gasteiger partial charge in [-0.15, -0.1) is 0 Å². The summed E-state index contributed by atoms with van der Waals surface area (Å²) in [5, 5.41) is 68.1. The normalized spacial score (nSPS) is 50.0. The van der Waals surface area contributed by atoms with E-state index < -0.39 is 74.4 Å². The molecule has 142 valence electrons. The highest BCUT2D eigenvalue weighted by Crippen LogP contribution is 2.28. The molecule has 0 amide bonds. The second-order valence-electron chi connectivity index (χ2n) is 5.91. The molecule has 11 nitrogen and oxygen atoms in total. The number of hydrogen-bond acceptors (Lipinski definition) is 11. The summed E-state index contributed by atoms with van der Waals surface area (Å²) in [6, 6.07) is 0. The zero-order chi connectivity index (χ0) is 18.0. The Morgan fingerprint density at radius 2 is 1.29 bits per heavy atom. The van der Waals surface area contributed by atoms with Crippen LogP contribution in [0.15, 0.2) is 0 Å². The lowest BCUT2D eigenvalue weighted by Crippen LogP contribution is -2.65. The molecule has 0 saturated carbocycles. The van der Waals surface area contributed by atoms with Gasteiger partial charge in [0, 0.05) is 6.54 Å². The van der Waals surface area contributed by atoms with E-state index >= 15 is 0 Å². The molecule has 24 heavy (non-hydrogen) atoms. The van der Waals surface area contributed by atoms with Crippen LogP contribution in [0, 0.1) is 0 Å². The third-order valence-electron chi connectivity index (χ3n) is 4.34. The van der Waals surface area contributed by atoms with Crippen molar-refractivity contribution >= 4 is 0 Å². The SMILES string of the molecule is NCC1O[C@H](CO)[C@@H](O[C@H]2O[C@H](CO)[C@@H](O)[C@H](O)[C@H]2O)[C@H](O)[C@H]1O. The molecule has 11 heteroatoms. The number of nitrogens with two attached hydrogens (primary N) is 1. The maximum Gasteiger partial charge on any atom is 0.187 e. The van der Waals surface area contributed by atoms with E-state index in [1.807, 2.05) is 0 Å². The molecule has 0 radical (unpaired) electrons. The van der Waals surface area contributed by atoms with Crippen molar-refractivity contribution in [2.45, 2.75) is 61.2 Å². The summed E-state index contributed by atoms with van der Waals surface area (Å²) in [7, 11) is 0. The molecule has 0 aromatic heterocycles. The van der Waals surface area contributed by atoms with Gasteiger partial charge in [-0.1, -0.05) is 0 Å². The Balaban J connectivity index is 2.12. The Labute approximate surface area is 137 Å². The smallest absolute Gasteiger partial charge is 0.187 e. The Hall–Kier alpha value is -0.440. The molecule has 2 heterocycles. The Kier molecular flexibility index (Phi) is 6.87. The predicted molar refractivity (Wildman–Crippen MR) is 75.5 cm³/mol. The van der Waals surface area contributed by atoms with Crippen LogP contribution >= 0.6 is 0 Å². The zero-order valence-electron chi connectivity index (χ0n) is 12.8. The zero-order valence-corrected chi connectivity index (χ0v) is 12.8. The molecule has 0 spiro atoms. The van der Waals surface area contributed by atoms with E-state index in [2.05, 4.69) is 0 Å². The lowest BCUT2D eigenvalue weighted by atomic mass is 9.94. The van der Waals surface area contributed by atoms with Crippen molar-refractivity contribution in [1.82, 2.24) is 0 Å². The van der Waals surface area contributed by atoms with Gasteiger partial charge in [0.05, 0.1) is 19.3 Å². The largest absolute Gasteiger partial charge is 0.394 e. The standard InChI is InChI=1S/C13H25NO10/c14-1-4-7(17)10(20)12(6(3-16)22-4)24-13-11(21)9(19)8(18)5(2-15)23-13/h4-13,15-21H,1-3,14H2/t4?,5-,6-,7+,8-,9+,10-,11-,12-,13-/m1/s1. The predicted octanol–water partition coefficient (Wildman–Crippen LogP) is -5.39. The lowest BCUT2D eigenvalue weighted by Gasteiger charge is -2.46. The van der Waals surface area contributed by atoms with Crippen molar-refractivity contribution in [3.8, 4) is 0 Å². The van der Waals surface area contributed by atoms with Crippen molar-refractivity contribution in [3.63, 3.8) is 0 Å². The third kappa shape index (κ3) is 3.71. The molecule has 10 atom stereocenters. The van der Waals surface area contributed by atoms with Crippen molar-refractivity contribution in [2.75, 3.05) is 19.8 Å². The van der Waals surface area contributed by atoms with Gasteiger partial charge in [0.1, 0.15) is 48.8 Å². The molecular weight excluding hydrogens is 330 g/mol. The average molecular weight is 355 g/mol. The highest BCUT2D eigenvalue weighted by molar-refractivity contribution is 4.95. The van der Waals surface area contributed by atoms with Gasteiger partial charge in [-0.3, -0.25) is 0 Å². The number of hydrogen-bond donors (Lipinski definition) is 8. The van der Waals surface area contributed by atoms with E-state index in [1.54, 1.807) is 0 Å². The Bertz CT molecular complexity index is 397. The summed E-state index contributed by atoms with van der Waals surface area (Å²) >= 11 is 0. The van der Waals surface area contributed by atoms with Gasteiger partial charge >= 0.3 is 0 Å². The molecule has 9 N–H and O–H groups in total. The molecule has 2 rings (SSSR count). The van der Waals surface area contributed by atoms with Gasteiger partial charge < -0.3 is 55.7 Å². The van der Waals surface area contributed by atoms with Gasteiger partial charge in [0.15, 0.2) is 6.29 Å². The average Bonchev–Trinajstić information content (AvgIpc) is 2.59. The molecule has 2 fully saturated rings. The second-order valence-corrected chi connectivity index (χ2v) is 5.91. The van der Waals surface area contributed by atoms with Gasteiger partial charge in [0.2, 0.25) is 0 Å². The van der Waals surface area contributed by atoms with E-state index in [0.717, 1.165) is 0 Å². The highest BCUT2D eigenvalue weighted by atomic mass is 16.7. The minimum atomic E-state index is -1.68. The Morgan fingerprint density at radius 3 is 1.83 bits per heavy atom. The van der Waals surface area contributed by atoms with Crippen LogP contribution in [0.5, 0.6) is 0 Å². The van der Waals surface area contributed by atoms with E-state index in [9.17, 15) is 30.6 Å².